The molecule has 1 unspecified atom stereocenters. The third-order valence-corrected chi connectivity index (χ3v) is 2.07. The van der Waals surface area contributed by atoms with Crippen molar-refractivity contribution in [3.63, 3.8) is 0 Å². The first kappa shape index (κ1) is 10.3. The van der Waals surface area contributed by atoms with Crippen LogP contribution in [-0.4, -0.2) is 36.3 Å². The summed E-state index contributed by atoms with van der Waals surface area (Å²) in [5, 5.41) is 11.9. The molecule has 0 bridgehead atoms. The van der Waals surface area contributed by atoms with Crippen molar-refractivity contribution in [1.82, 2.24) is 5.32 Å². The number of aliphatic hydroxyl groups is 1. The van der Waals surface area contributed by atoms with Crippen molar-refractivity contribution in [2.45, 2.75) is 19.4 Å². The minimum atomic E-state index is 0.290. The van der Waals surface area contributed by atoms with Crippen LogP contribution in [0.25, 0.3) is 0 Å². The second kappa shape index (κ2) is 7.38. The SMILES string of the molecule is CCNC(CCO)CSC. The minimum Gasteiger partial charge on any atom is -0.396 e. The maximum atomic E-state index is 8.64. The first-order valence-electron chi connectivity index (χ1n) is 3.68. The third-order valence-electron chi connectivity index (χ3n) is 1.34. The van der Waals surface area contributed by atoms with E-state index in [0.29, 0.717) is 6.04 Å². The highest BCUT2D eigenvalue weighted by molar-refractivity contribution is 7.98. The number of rotatable bonds is 6. The second-order valence-electron chi connectivity index (χ2n) is 2.22. The molecule has 62 valence electrons. The van der Waals surface area contributed by atoms with Gasteiger partial charge < -0.3 is 10.4 Å². The molecule has 0 aromatic rings. The molecular weight excluding hydrogens is 146 g/mol. The summed E-state index contributed by atoms with van der Waals surface area (Å²) in [6.07, 6.45) is 2.95. The van der Waals surface area contributed by atoms with E-state index in [2.05, 4.69) is 18.5 Å². The fraction of sp³-hybridized carbons (Fsp3) is 1.00. The summed E-state index contributed by atoms with van der Waals surface area (Å²) in [6.45, 7) is 3.37. The smallest absolute Gasteiger partial charge is 0.0446 e. The number of thioether (sulfide) groups is 1. The number of hydrogen-bond donors (Lipinski definition) is 2. The molecule has 0 amide bonds. The number of nitrogens with one attached hydrogen (secondary N) is 1. The predicted octanol–water partition coefficient (Wildman–Crippen LogP) is 0.710. The summed E-state index contributed by atoms with van der Waals surface area (Å²) >= 11 is 1.82. The van der Waals surface area contributed by atoms with E-state index in [-0.39, 0.29) is 6.61 Å². The molecule has 0 spiro atoms. The van der Waals surface area contributed by atoms with Gasteiger partial charge in [-0.2, -0.15) is 11.8 Å². The Balaban J connectivity index is 3.30. The maximum absolute atomic E-state index is 8.64. The van der Waals surface area contributed by atoms with Gasteiger partial charge in [0.25, 0.3) is 0 Å². The molecule has 0 saturated heterocycles. The van der Waals surface area contributed by atoms with Crippen molar-refractivity contribution < 1.29 is 5.11 Å². The van der Waals surface area contributed by atoms with Crippen LogP contribution in [0.4, 0.5) is 0 Å². The molecule has 0 aliphatic rings. The van der Waals surface area contributed by atoms with Crippen LogP contribution in [0.2, 0.25) is 0 Å². The average molecular weight is 163 g/mol. The van der Waals surface area contributed by atoms with Crippen LogP contribution >= 0.6 is 11.8 Å². The van der Waals surface area contributed by atoms with Gasteiger partial charge in [-0.05, 0) is 19.2 Å². The Morgan fingerprint density at radius 2 is 2.30 bits per heavy atom. The highest BCUT2D eigenvalue weighted by atomic mass is 32.2. The van der Waals surface area contributed by atoms with E-state index in [9.17, 15) is 0 Å². The zero-order valence-electron chi connectivity index (χ0n) is 6.76. The van der Waals surface area contributed by atoms with E-state index in [4.69, 9.17) is 5.11 Å². The average Bonchev–Trinajstić information content (AvgIpc) is 1.90. The van der Waals surface area contributed by atoms with Gasteiger partial charge in [0.1, 0.15) is 0 Å². The van der Waals surface area contributed by atoms with Crippen LogP contribution in [-0.2, 0) is 0 Å². The fourth-order valence-corrected chi connectivity index (χ4v) is 1.58. The summed E-state index contributed by atoms with van der Waals surface area (Å²) in [4.78, 5) is 0. The molecule has 2 nitrogen and oxygen atoms in total. The first-order valence-corrected chi connectivity index (χ1v) is 5.07. The van der Waals surface area contributed by atoms with E-state index in [0.717, 1.165) is 18.7 Å². The zero-order chi connectivity index (χ0) is 7.82. The normalized spacial score (nSPS) is 13.5. The van der Waals surface area contributed by atoms with Gasteiger partial charge in [-0.15, -0.1) is 0 Å². The van der Waals surface area contributed by atoms with Crippen LogP contribution in [0.1, 0.15) is 13.3 Å². The lowest BCUT2D eigenvalue weighted by Gasteiger charge is -2.14. The molecule has 0 aliphatic carbocycles. The van der Waals surface area contributed by atoms with E-state index in [1.807, 2.05) is 11.8 Å². The Bertz CT molecular complexity index is 56.4. The van der Waals surface area contributed by atoms with Crippen molar-refractivity contribution in [2.24, 2.45) is 0 Å². The van der Waals surface area contributed by atoms with Crippen LogP contribution in [0.15, 0.2) is 0 Å². The predicted molar refractivity (Wildman–Crippen MR) is 47.5 cm³/mol. The molecule has 2 N–H and O–H groups in total. The molecule has 3 heteroatoms. The molecule has 0 aromatic heterocycles. The van der Waals surface area contributed by atoms with Gasteiger partial charge in [-0.25, -0.2) is 0 Å². The van der Waals surface area contributed by atoms with Crippen molar-refractivity contribution in [3.05, 3.63) is 0 Å². The Morgan fingerprint density at radius 1 is 1.60 bits per heavy atom. The maximum Gasteiger partial charge on any atom is 0.0446 e. The fourth-order valence-electron chi connectivity index (χ4n) is 0.890. The van der Waals surface area contributed by atoms with Gasteiger partial charge in [0.2, 0.25) is 0 Å². The van der Waals surface area contributed by atoms with Crippen LogP contribution in [0.3, 0.4) is 0 Å². The first-order chi connectivity index (χ1) is 4.85. The summed E-state index contributed by atoms with van der Waals surface area (Å²) in [7, 11) is 0. The molecule has 0 aliphatic heterocycles. The van der Waals surface area contributed by atoms with E-state index in [1.165, 1.54) is 0 Å². The van der Waals surface area contributed by atoms with Crippen LogP contribution in [0.5, 0.6) is 0 Å². The van der Waals surface area contributed by atoms with Gasteiger partial charge in [-0.1, -0.05) is 6.92 Å². The lowest BCUT2D eigenvalue weighted by atomic mass is 10.2. The Kier molecular flexibility index (Phi) is 7.58. The lowest BCUT2D eigenvalue weighted by molar-refractivity contribution is 0.271. The molecular formula is C7H17NOS. The van der Waals surface area contributed by atoms with Crippen molar-refractivity contribution in [2.75, 3.05) is 25.2 Å². The van der Waals surface area contributed by atoms with E-state index in [1.54, 1.807) is 0 Å². The van der Waals surface area contributed by atoms with Crippen molar-refractivity contribution in [3.8, 4) is 0 Å². The highest BCUT2D eigenvalue weighted by Gasteiger charge is 2.03. The lowest BCUT2D eigenvalue weighted by Crippen LogP contribution is -2.31. The molecule has 0 rings (SSSR count). The molecule has 0 aromatic carbocycles. The minimum absolute atomic E-state index is 0.290. The van der Waals surface area contributed by atoms with Crippen molar-refractivity contribution in [1.29, 1.82) is 0 Å². The zero-order valence-corrected chi connectivity index (χ0v) is 7.58. The molecule has 10 heavy (non-hydrogen) atoms. The summed E-state index contributed by atoms with van der Waals surface area (Å²) in [6, 6.07) is 0.491. The number of aliphatic hydroxyl groups excluding tert-OH is 1. The Labute approximate surface area is 67.4 Å². The quantitative estimate of drug-likeness (QED) is 0.605. The summed E-state index contributed by atoms with van der Waals surface area (Å²) < 4.78 is 0. The summed E-state index contributed by atoms with van der Waals surface area (Å²) in [5.74, 6) is 1.09. The van der Waals surface area contributed by atoms with Crippen molar-refractivity contribution >= 4 is 11.8 Å². The van der Waals surface area contributed by atoms with E-state index >= 15 is 0 Å². The van der Waals surface area contributed by atoms with Gasteiger partial charge in [-0.3, -0.25) is 0 Å². The standard InChI is InChI=1S/C7H17NOS/c1-3-8-7(4-5-9)6-10-2/h7-9H,3-6H2,1-2H3. The highest BCUT2D eigenvalue weighted by Crippen LogP contribution is 2.00. The van der Waals surface area contributed by atoms with Gasteiger partial charge >= 0.3 is 0 Å². The van der Waals surface area contributed by atoms with Gasteiger partial charge in [0.15, 0.2) is 0 Å². The van der Waals surface area contributed by atoms with Gasteiger partial charge in [0.05, 0.1) is 0 Å². The molecule has 1 atom stereocenters. The second-order valence-corrected chi connectivity index (χ2v) is 3.13. The van der Waals surface area contributed by atoms with Crippen LogP contribution < -0.4 is 5.32 Å². The molecule has 0 heterocycles. The largest absolute Gasteiger partial charge is 0.396 e. The monoisotopic (exact) mass is 163 g/mol. The molecule has 0 radical (unpaired) electrons. The molecule has 0 fully saturated rings. The Morgan fingerprint density at radius 3 is 2.70 bits per heavy atom. The number of hydrogen-bond acceptors (Lipinski definition) is 3. The summed E-state index contributed by atoms with van der Waals surface area (Å²) in [5.41, 5.74) is 0. The molecule has 0 saturated carbocycles. The van der Waals surface area contributed by atoms with Gasteiger partial charge in [0, 0.05) is 18.4 Å². The van der Waals surface area contributed by atoms with E-state index < -0.39 is 0 Å². The third kappa shape index (κ3) is 5.09. The van der Waals surface area contributed by atoms with Crippen LogP contribution in [0, 0.1) is 0 Å². The topological polar surface area (TPSA) is 32.3 Å². The Hall–Kier alpha value is 0.270.